The van der Waals surface area contributed by atoms with Gasteiger partial charge in [-0.3, -0.25) is 4.90 Å². The minimum absolute atomic E-state index is 0.172. The fourth-order valence-corrected chi connectivity index (χ4v) is 3.38. The summed E-state index contributed by atoms with van der Waals surface area (Å²) in [6.45, 7) is 5.31. The molecule has 1 aliphatic heterocycles. The maximum atomic E-state index is 5.55. The molecule has 1 aliphatic rings. The van der Waals surface area contributed by atoms with E-state index in [4.69, 9.17) is 17.0 Å². The number of morpholine rings is 1. The Labute approximate surface area is 161 Å². The first-order chi connectivity index (χ1) is 12.8. The normalized spacial score (nSPS) is 16.0. The van der Waals surface area contributed by atoms with Crippen LogP contribution >= 0.6 is 12.2 Å². The van der Waals surface area contributed by atoms with E-state index in [0.717, 1.165) is 45.8 Å². The zero-order valence-corrected chi connectivity index (χ0v) is 15.9. The Morgan fingerprint density at radius 2 is 1.65 bits per heavy atom. The molecule has 3 rings (SSSR count). The lowest BCUT2D eigenvalue weighted by atomic mass is 10.1. The maximum Gasteiger partial charge on any atom is 0.166 e. The minimum Gasteiger partial charge on any atom is -0.379 e. The lowest BCUT2D eigenvalue weighted by molar-refractivity contribution is 0.0343. The van der Waals surface area contributed by atoms with Gasteiger partial charge in [0, 0.05) is 26.2 Å². The molecule has 2 aromatic carbocycles. The summed E-state index contributed by atoms with van der Waals surface area (Å²) >= 11 is 5.55. The molecule has 0 aromatic heterocycles. The molecular weight excluding hydrogens is 342 g/mol. The average molecular weight is 370 g/mol. The molecule has 138 valence electrons. The first-order valence-corrected chi connectivity index (χ1v) is 9.65. The molecule has 0 unspecified atom stereocenters. The first kappa shape index (κ1) is 18.8. The third kappa shape index (κ3) is 6.09. The summed E-state index contributed by atoms with van der Waals surface area (Å²) in [7, 11) is 0. The van der Waals surface area contributed by atoms with Gasteiger partial charge in [-0.1, -0.05) is 60.7 Å². The molecule has 5 heteroatoms. The number of rotatable bonds is 7. The van der Waals surface area contributed by atoms with Crippen LogP contribution in [0.1, 0.15) is 17.2 Å². The zero-order valence-electron chi connectivity index (χ0n) is 15.1. The summed E-state index contributed by atoms with van der Waals surface area (Å²) in [5.41, 5.74) is 2.57. The molecule has 0 spiro atoms. The van der Waals surface area contributed by atoms with Crippen molar-refractivity contribution >= 4 is 17.3 Å². The predicted molar refractivity (Wildman–Crippen MR) is 110 cm³/mol. The Morgan fingerprint density at radius 3 is 2.35 bits per heavy atom. The Morgan fingerprint density at radius 1 is 1.00 bits per heavy atom. The first-order valence-electron chi connectivity index (χ1n) is 9.24. The quantitative estimate of drug-likeness (QED) is 0.734. The largest absolute Gasteiger partial charge is 0.379 e. The van der Waals surface area contributed by atoms with Crippen LogP contribution in [0, 0.1) is 0 Å². The monoisotopic (exact) mass is 369 g/mol. The Balaban J connectivity index is 1.53. The zero-order chi connectivity index (χ0) is 18.0. The maximum absolute atomic E-state index is 5.55. The fourth-order valence-electron chi connectivity index (χ4n) is 3.14. The van der Waals surface area contributed by atoms with E-state index in [-0.39, 0.29) is 6.04 Å². The van der Waals surface area contributed by atoms with E-state index in [2.05, 4.69) is 64.1 Å². The Hall–Kier alpha value is -1.95. The molecule has 1 saturated heterocycles. The van der Waals surface area contributed by atoms with E-state index >= 15 is 0 Å². The van der Waals surface area contributed by atoms with Crippen molar-refractivity contribution in [2.75, 3.05) is 39.4 Å². The van der Waals surface area contributed by atoms with Crippen LogP contribution in [0.4, 0.5) is 0 Å². The molecular formula is C21H27N3OS. The fraction of sp³-hybridized carbons (Fsp3) is 0.381. The van der Waals surface area contributed by atoms with Gasteiger partial charge in [0.25, 0.3) is 0 Å². The van der Waals surface area contributed by atoms with Crippen LogP contribution in [0.2, 0.25) is 0 Å². The Kier molecular flexibility index (Phi) is 7.43. The van der Waals surface area contributed by atoms with E-state index in [1.165, 1.54) is 11.1 Å². The summed E-state index contributed by atoms with van der Waals surface area (Å²) in [4.78, 5) is 2.43. The third-order valence-electron chi connectivity index (χ3n) is 4.59. The van der Waals surface area contributed by atoms with Gasteiger partial charge >= 0.3 is 0 Å². The van der Waals surface area contributed by atoms with Gasteiger partial charge in [-0.05, 0) is 29.8 Å². The van der Waals surface area contributed by atoms with E-state index in [1.807, 2.05) is 12.1 Å². The van der Waals surface area contributed by atoms with Gasteiger partial charge in [-0.15, -0.1) is 0 Å². The predicted octanol–water partition coefficient (Wildman–Crippen LogP) is 2.77. The summed E-state index contributed by atoms with van der Waals surface area (Å²) in [5, 5.41) is 7.56. The Bertz CT molecular complexity index is 659. The van der Waals surface area contributed by atoms with Gasteiger partial charge in [0.05, 0.1) is 19.3 Å². The molecule has 2 aromatic rings. The van der Waals surface area contributed by atoms with E-state index < -0.39 is 0 Å². The van der Waals surface area contributed by atoms with Gasteiger partial charge in [0.1, 0.15) is 0 Å². The van der Waals surface area contributed by atoms with Gasteiger partial charge < -0.3 is 15.4 Å². The molecule has 0 aliphatic carbocycles. The van der Waals surface area contributed by atoms with Crippen LogP contribution in [0.15, 0.2) is 60.7 Å². The molecule has 1 heterocycles. The molecule has 1 fully saturated rings. The van der Waals surface area contributed by atoms with Crippen molar-refractivity contribution < 1.29 is 4.74 Å². The number of ether oxygens (including phenoxy) is 1. The van der Waals surface area contributed by atoms with Gasteiger partial charge in [0.2, 0.25) is 0 Å². The van der Waals surface area contributed by atoms with Crippen molar-refractivity contribution in [3.05, 3.63) is 71.8 Å². The number of thiocarbonyl (C=S) groups is 1. The van der Waals surface area contributed by atoms with Crippen molar-refractivity contribution in [2.45, 2.75) is 12.5 Å². The highest BCUT2D eigenvalue weighted by molar-refractivity contribution is 7.80. The number of hydrogen-bond donors (Lipinski definition) is 2. The topological polar surface area (TPSA) is 36.5 Å². The summed E-state index contributed by atoms with van der Waals surface area (Å²) < 4.78 is 5.46. The number of hydrogen-bond acceptors (Lipinski definition) is 3. The van der Waals surface area contributed by atoms with Gasteiger partial charge in [0.15, 0.2) is 5.11 Å². The molecule has 2 N–H and O–H groups in total. The lowest BCUT2D eigenvalue weighted by Crippen LogP contribution is -2.45. The highest BCUT2D eigenvalue weighted by Crippen LogP contribution is 2.15. The second-order valence-electron chi connectivity index (χ2n) is 6.51. The van der Waals surface area contributed by atoms with Gasteiger partial charge in [-0.2, -0.15) is 0 Å². The second kappa shape index (κ2) is 10.3. The van der Waals surface area contributed by atoms with Crippen LogP contribution in [-0.4, -0.2) is 49.4 Å². The standard InChI is InChI=1S/C21H27N3OS/c26-21(22-12-11-18-7-3-1-4-8-18)23-20(19-9-5-2-6-10-19)17-24-13-15-25-16-14-24/h1-10,20H,11-17H2,(H2,22,23,26)/t20-/m1/s1. The van der Waals surface area contributed by atoms with Crippen molar-refractivity contribution in [1.82, 2.24) is 15.5 Å². The molecule has 1 atom stereocenters. The number of benzene rings is 2. The van der Waals surface area contributed by atoms with Crippen LogP contribution in [-0.2, 0) is 11.2 Å². The van der Waals surface area contributed by atoms with E-state index in [0.29, 0.717) is 5.11 Å². The highest BCUT2D eigenvalue weighted by Gasteiger charge is 2.18. The molecule has 0 bridgehead atoms. The van der Waals surface area contributed by atoms with Crippen LogP contribution in [0.5, 0.6) is 0 Å². The van der Waals surface area contributed by atoms with Crippen molar-refractivity contribution in [2.24, 2.45) is 0 Å². The third-order valence-corrected chi connectivity index (χ3v) is 4.86. The minimum atomic E-state index is 0.172. The number of nitrogens with one attached hydrogen (secondary N) is 2. The second-order valence-corrected chi connectivity index (χ2v) is 6.92. The highest BCUT2D eigenvalue weighted by atomic mass is 32.1. The molecule has 0 saturated carbocycles. The molecule has 0 radical (unpaired) electrons. The molecule has 4 nitrogen and oxygen atoms in total. The molecule has 0 amide bonds. The average Bonchev–Trinajstić information content (AvgIpc) is 2.70. The van der Waals surface area contributed by atoms with E-state index in [9.17, 15) is 0 Å². The van der Waals surface area contributed by atoms with Crippen molar-refractivity contribution in [3.63, 3.8) is 0 Å². The van der Waals surface area contributed by atoms with Crippen LogP contribution < -0.4 is 10.6 Å². The molecule has 26 heavy (non-hydrogen) atoms. The van der Waals surface area contributed by atoms with Crippen molar-refractivity contribution in [1.29, 1.82) is 0 Å². The SMILES string of the molecule is S=C(NCCc1ccccc1)N[C@H](CN1CCOCC1)c1ccccc1. The smallest absolute Gasteiger partial charge is 0.166 e. The number of nitrogens with zero attached hydrogens (tertiary/aromatic N) is 1. The lowest BCUT2D eigenvalue weighted by Gasteiger charge is -2.31. The van der Waals surface area contributed by atoms with Crippen LogP contribution in [0.25, 0.3) is 0 Å². The van der Waals surface area contributed by atoms with Gasteiger partial charge in [-0.25, -0.2) is 0 Å². The summed E-state index contributed by atoms with van der Waals surface area (Å²) in [6, 6.07) is 21.2. The summed E-state index contributed by atoms with van der Waals surface area (Å²) in [6.07, 6.45) is 0.960. The van der Waals surface area contributed by atoms with Crippen LogP contribution in [0.3, 0.4) is 0 Å². The van der Waals surface area contributed by atoms with Crippen molar-refractivity contribution in [3.8, 4) is 0 Å². The van der Waals surface area contributed by atoms with E-state index in [1.54, 1.807) is 0 Å². The summed E-state index contributed by atoms with van der Waals surface area (Å²) in [5.74, 6) is 0.